The van der Waals surface area contributed by atoms with E-state index >= 15 is 0 Å². The van der Waals surface area contributed by atoms with E-state index < -0.39 is 0 Å². The van der Waals surface area contributed by atoms with Gasteiger partial charge in [-0.05, 0) is 34.5 Å². The molecule has 0 amide bonds. The van der Waals surface area contributed by atoms with Gasteiger partial charge in [0.25, 0.3) is 0 Å². The molecule has 0 saturated carbocycles. The lowest BCUT2D eigenvalue weighted by molar-refractivity contribution is 0.0497. The first-order chi connectivity index (χ1) is 7.74. The molecule has 0 aromatic carbocycles. The molecule has 0 radical (unpaired) electrons. The fraction of sp³-hybridized carbons (Fsp3) is 0.500. The van der Waals surface area contributed by atoms with Crippen LogP contribution in [0.15, 0.2) is 22.9 Å². The molecule has 0 aliphatic heterocycles. The van der Waals surface area contributed by atoms with Gasteiger partial charge in [-0.1, -0.05) is 26.2 Å². The van der Waals surface area contributed by atoms with Crippen molar-refractivity contribution in [2.75, 3.05) is 6.61 Å². The van der Waals surface area contributed by atoms with E-state index in [9.17, 15) is 4.79 Å². The molecule has 0 N–H and O–H groups in total. The van der Waals surface area contributed by atoms with Gasteiger partial charge in [-0.2, -0.15) is 0 Å². The number of ether oxygens (including phenoxy) is 1. The molecule has 3 nitrogen and oxygen atoms in total. The maximum atomic E-state index is 11.5. The second-order valence-electron chi connectivity index (χ2n) is 3.57. The summed E-state index contributed by atoms with van der Waals surface area (Å²) in [6, 6.07) is 3.43. The van der Waals surface area contributed by atoms with Gasteiger partial charge < -0.3 is 4.74 Å². The summed E-state index contributed by atoms with van der Waals surface area (Å²) in [5.41, 5.74) is 0.499. The van der Waals surface area contributed by atoms with Crippen LogP contribution in [0, 0.1) is 0 Å². The van der Waals surface area contributed by atoms with Crippen molar-refractivity contribution in [3.63, 3.8) is 0 Å². The summed E-state index contributed by atoms with van der Waals surface area (Å²) in [7, 11) is 0. The normalized spacial score (nSPS) is 10.1. The van der Waals surface area contributed by atoms with Gasteiger partial charge in [-0.3, -0.25) is 0 Å². The molecule has 0 bridgehead atoms. The average molecular weight is 286 g/mol. The Morgan fingerprint density at radius 2 is 2.19 bits per heavy atom. The first-order valence-corrected chi connectivity index (χ1v) is 6.32. The van der Waals surface area contributed by atoms with Crippen molar-refractivity contribution >= 4 is 21.9 Å². The highest BCUT2D eigenvalue weighted by molar-refractivity contribution is 9.10. The summed E-state index contributed by atoms with van der Waals surface area (Å²) >= 11 is 3.21. The van der Waals surface area contributed by atoms with Gasteiger partial charge in [0, 0.05) is 6.20 Å². The van der Waals surface area contributed by atoms with Crippen LogP contribution in [0.3, 0.4) is 0 Å². The number of unbranched alkanes of at least 4 members (excludes halogenated alkanes) is 3. The molecule has 0 spiro atoms. The number of carbonyl (C=O) groups excluding carboxylic acids is 1. The largest absolute Gasteiger partial charge is 0.462 e. The summed E-state index contributed by atoms with van der Waals surface area (Å²) in [5, 5.41) is 0. The molecule has 4 heteroatoms. The van der Waals surface area contributed by atoms with Crippen molar-refractivity contribution < 1.29 is 9.53 Å². The highest BCUT2D eigenvalue weighted by Gasteiger charge is 2.06. The summed E-state index contributed by atoms with van der Waals surface area (Å²) in [4.78, 5) is 15.5. The summed E-state index contributed by atoms with van der Waals surface area (Å²) in [5.74, 6) is -0.295. The molecule has 0 saturated heterocycles. The minimum absolute atomic E-state index is 0.295. The van der Waals surface area contributed by atoms with E-state index in [0.717, 1.165) is 12.8 Å². The van der Waals surface area contributed by atoms with Crippen LogP contribution in [0.25, 0.3) is 0 Å². The molecular formula is C12H16BrNO2. The third-order valence-corrected chi connectivity index (χ3v) is 2.66. The van der Waals surface area contributed by atoms with Gasteiger partial charge in [-0.25, -0.2) is 9.78 Å². The van der Waals surface area contributed by atoms with E-state index in [-0.39, 0.29) is 5.97 Å². The minimum atomic E-state index is -0.295. The molecule has 0 aliphatic carbocycles. The third-order valence-electron chi connectivity index (χ3n) is 2.19. The predicted molar refractivity (Wildman–Crippen MR) is 66.4 cm³/mol. The predicted octanol–water partition coefficient (Wildman–Crippen LogP) is 3.58. The summed E-state index contributed by atoms with van der Waals surface area (Å²) in [6.45, 7) is 2.65. The second-order valence-corrected chi connectivity index (χ2v) is 4.38. The standard InChI is InChI=1S/C12H16BrNO2/c1-2-3-4-5-8-16-12(15)10-6-7-11(13)14-9-10/h6-7,9H,2-5,8H2,1H3. The van der Waals surface area contributed by atoms with Crippen molar-refractivity contribution in [2.45, 2.75) is 32.6 Å². The molecule has 1 aromatic heterocycles. The molecule has 0 aliphatic rings. The monoisotopic (exact) mass is 285 g/mol. The summed E-state index contributed by atoms with van der Waals surface area (Å²) in [6.07, 6.45) is 5.94. The highest BCUT2D eigenvalue weighted by atomic mass is 79.9. The SMILES string of the molecule is CCCCCCOC(=O)c1ccc(Br)nc1. The van der Waals surface area contributed by atoms with Crippen LogP contribution < -0.4 is 0 Å². The number of hydrogen-bond acceptors (Lipinski definition) is 3. The molecule has 16 heavy (non-hydrogen) atoms. The molecule has 1 heterocycles. The van der Waals surface area contributed by atoms with E-state index in [1.165, 1.54) is 19.0 Å². The smallest absolute Gasteiger partial charge is 0.339 e. The van der Waals surface area contributed by atoms with E-state index in [4.69, 9.17) is 4.74 Å². The van der Waals surface area contributed by atoms with Crippen LogP contribution in [0.5, 0.6) is 0 Å². The van der Waals surface area contributed by atoms with Crippen molar-refractivity contribution in [3.05, 3.63) is 28.5 Å². The molecule has 0 unspecified atom stereocenters. The number of aromatic nitrogens is 1. The van der Waals surface area contributed by atoms with Crippen LogP contribution in [-0.2, 0) is 4.74 Å². The molecule has 0 atom stereocenters. The Kier molecular flexibility index (Phi) is 6.08. The second kappa shape index (κ2) is 7.39. The van der Waals surface area contributed by atoms with Crippen LogP contribution in [-0.4, -0.2) is 17.6 Å². The highest BCUT2D eigenvalue weighted by Crippen LogP contribution is 2.08. The van der Waals surface area contributed by atoms with Crippen LogP contribution in [0.4, 0.5) is 0 Å². The van der Waals surface area contributed by atoms with Crippen molar-refractivity contribution in [3.8, 4) is 0 Å². The average Bonchev–Trinajstić information content (AvgIpc) is 2.29. The zero-order valence-corrected chi connectivity index (χ0v) is 11.0. The van der Waals surface area contributed by atoms with Gasteiger partial charge in [-0.15, -0.1) is 0 Å². The first kappa shape index (κ1) is 13.2. The Morgan fingerprint density at radius 3 is 2.81 bits per heavy atom. The fourth-order valence-corrected chi connectivity index (χ4v) is 1.51. The number of nitrogens with zero attached hydrogens (tertiary/aromatic N) is 1. The topological polar surface area (TPSA) is 39.2 Å². The van der Waals surface area contributed by atoms with E-state index in [1.54, 1.807) is 12.1 Å². The molecule has 88 valence electrons. The Bertz CT molecular complexity index is 324. The van der Waals surface area contributed by atoms with Gasteiger partial charge in [0.05, 0.1) is 12.2 Å². The lowest BCUT2D eigenvalue weighted by Gasteiger charge is -2.04. The van der Waals surface area contributed by atoms with Crippen molar-refractivity contribution in [1.82, 2.24) is 4.98 Å². The Labute approximate surface area is 104 Å². The Morgan fingerprint density at radius 1 is 1.38 bits per heavy atom. The number of carbonyl (C=O) groups is 1. The number of hydrogen-bond donors (Lipinski definition) is 0. The maximum absolute atomic E-state index is 11.5. The van der Waals surface area contributed by atoms with Crippen molar-refractivity contribution in [1.29, 1.82) is 0 Å². The molecule has 1 rings (SSSR count). The minimum Gasteiger partial charge on any atom is -0.462 e. The van der Waals surface area contributed by atoms with E-state index in [1.807, 2.05) is 0 Å². The summed E-state index contributed by atoms with van der Waals surface area (Å²) < 4.78 is 5.84. The van der Waals surface area contributed by atoms with Crippen LogP contribution in [0.2, 0.25) is 0 Å². The maximum Gasteiger partial charge on any atom is 0.339 e. The Hall–Kier alpha value is -0.900. The lowest BCUT2D eigenvalue weighted by atomic mass is 10.2. The number of rotatable bonds is 6. The van der Waals surface area contributed by atoms with Crippen molar-refractivity contribution in [2.24, 2.45) is 0 Å². The zero-order valence-electron chi connectivity index (χ0n) is 9.41. The lowest BCUT2D eigenvalue weighted by Crippen LogP contribution is -2.06. The van der Waals surface area contributed by atoms with E-state index in [0.29, 0.717) is 16.8 Å². The Balaban J connectivity index is 2.27. The van der Waals surface area contributed by atoms with Gasteiger partial charge in [0.1, 0.15) is 4.60 Å². The van der Waals surface area contributed by atoms with Gasteiger partial charge >= 0.3 is 5.97 Å². The first-order valence-electron chi connectivity index (χ1n) is 5.52. The van der Waals surface area contributed by atoms with Crippen LogP contribution >= 0.6 is 15.9 Å². The fourth-order valence-electron chi connectivity index (χ4n) is 1.27. The van der Waals surface area contributed by atoms with Gasteiger partial charge in [0.2, 0.25) is 0 Å². The number of pyridine rings is 1. The third kappa shape index (κ3) is 4.75. The molecule has 1 aromatic rings. The van der Waals surface area contributed by atoms with Crippen LogP contribution in [0.1, 0.15) is 43.0 Å². The van der Waals surface area contributed by atoms with E-state index in [2.05, 4.69) is 27.8 Å². The number of esters is 1. The number of halogens is 1. The zero-order chi connectivity index (χ0) is 11.8. The quantitative estimate of drug-likeness (QED) is 0.456. The molecular weight excluding hydrogens is 270 g/mol. The molecule has 0 fully saturated rings. The van der Waals surface area contributed by atoms with Gasteiger partial charge in [0.15, 0.2) is 0 Å².